The highest BCUT2D eigenvalue weighted by atomic mass is 16.7. The van der Waals surface area contributed by atoms with Gasteiger partial charge in [0.05, 0.1) is 11.2 Å². The Labute approximate surface area is 250 Å². The van der Waals surface area contributed by atoms with Crippen LogP contribution < -0.4 is 14.8 Å². The summed E-state index contributed by atoms with van der Waals surface area (Å²) in [6.07, 6.45) is 3.07. The summed E-state index contributed by atoms with van der Waals surface area (Å²) in [5.74, 6) is -0.00625. The first kappa shape index (κ1) is 26.7. The standard InChI is InChI=1S/C33H24N6O5/c40-28(15-12-20-6-2-1-3-7-20)34-30-29-24(22-13-14-26-27(17-22)44-19-43-26)10-5-11-25(29)39(31(30)33(41)42)18-21-8-4-9-23(16-21)32-35-37-38-36-32/h1-17H,18-19H2,(H,34,40)(H,41,42)(H,35,36,37,38). The maximum atomic E-state index is 13.3. The van der Waals surface area contributed by atoms with Crippen LogP contribution in [0.1, 0.15) is 21.6 Å². The number of aromatic amines is 1. The van der Waals surface area contributed by atoms with E-state index in [2.05, 4.69) is 25.9 Å². The van der Waals surface area contributed by atoms with Crippen LogP contribution in [0.15, 0.2) is 97.1 Å². The average molecular weight is 585 g/mol. The number of fused-ring (bicyclic) bond motifs is 2. The molecule has 0 spiro atoms. The number of amides is 1. The molecule has 1 aliphatic heterocycles. The zero-order valence-electron chi connectivity index (χ0n) is 23.1. The smallest absolute Gasteiger partial charge is 0.354 e. The van der Waals surface area contributed by atoms with Crippen LogP contribution in [0.25, 0.3) is 39.5 Å². The lowest BCUT2D eigenvalue weighted by atomic mass is 10.00. The molecule has 0 saturated heterocycles. The van der Waals surface area contributed by atoms with Crippen LogP contribution in [-0.2, 0) is 11.3 Å². The molecule has 11 heteroatoms. The molecule has 3 N–H and O–H groups in total. The third-order valence-corrected chi connectivity index (χ3v) is 7.32. The molecule has 2 aromatic heterocycles. The van der Waals surface area contributed by atoms with E-state index in [0.717, 1.165) is 27.8 Å². The summed E-state index contributed by atoms with van der Waals surface area (Å²) in [5.41, 5.74) is 4.65. The van der Waals surface area contributed by atoms with Gasteiger partial charge in [0.25, 0.3) is 0 Å². The summed E-state index contributed by atoms with van der Waals surface area (Å²) in [5, 5.41) is 28.2. The number of carbonyl (C=O) groups is 2. The van der Waals surface area contributed by atoms with Gasteiger partial charge in [0.1, 0.15) is 0 Å². The SMILES string of the molecule is O=C(C=Cc1ccccc1)Nc1c(C(=O)O)n(Cc2cccc(-c3nn[nH]n3)c2)c2cccc(-c3ccc4c(c3)OCO4)c12. The first-order chi connectivity index (χ1) is 21.5. The molecule has 0 atom stereocenters. The number of aromatic carboxylic acids is 1. The monoisotopic (exact) mass is 584 g/mol. The van der Waals surface area contributed by atoms with Crippen LogP contribution in [0.2, 0.25) is 0 Å². The van der Waals surface area contributed by atoms with E-state index in [0.29, 0.717) is 28.2 Å². The van der Waals surface area contributed by atoms with Crippen LogP contribution in [0, 0.1) is 0 Å². The molecule has 4 aromatic carbocycles. The number of ether oxygens (including phenoxy) is 2. The predicted molar refractivity (Wildman–Crippen MR) is 163 cm³/mol. The maximum Gasteiger partial charge on any atom is 0.354 e. The van der Waals surface area contributed by atoms with Gasteiger partial charge in [0.15, 0.2) is 17.2 Å². The van der Waals surface area contributed by atoms with Crippen molar-refractivity contribution in [3.63, 3.8) is 0 Å². The van der Waals surface area contributed by atoms with Crippen LogP contribution >= 0.6 is 0 Å². The van der Waals surface area contributed by atoms with Crippen molar-refractivity contribution in [1.82, 2.24) is 25.2 Å². The van der Waals surface area contributed by atoms with Crippen molar-refractivity contribution >= 4 is 34.5 Å². The van der Waals surface area contributed by atoms with Gasteiger partial charge >= 0.3 is 5.97 Å². The second-order valence-corrected chi connectivity index (χ2v) is 10.1. The lowest BCUT2D eigenvalue weighted by Crippen LogP contribution is -2.15. The van der Waals surface area contributed by atoms with E-state index >= 15 is 0 Å². The van der Waals surface area contributed by atoms with Gasteiger partial charge in [-0.05, 0) is 57.8 Å². The highest BCUT2D eigenvalue weighted by molar-refractivity contribution is 6.17. The molecule has 0 saturated carbocycles. The molecule has 1 aliphatic rings. The number of aromatic nitrogens is 5. The Morgan fingerprint density at radius 2 is 1.77 bits per heavy atom. The minimum atomic E-state index is -1.19. The van der Waals surface area contributed by atoms with E-state index in [1.54, 1.807) is 10.6 Å². The largest absolute Gasteiger partial charge is 0.477 e. The van der Waals surface area contributed by atoms with Crippen LogP contribution in [-0.4, -0.2) is 49.0 Å². The fraction of sp³-hybridized carbons (Fsp3) is 0.0606. The summed E-state index contributed by atoms with van der Waals surface area (Å²) >= 11 is 0. The molecule has 11 nitrogen and oxygen atoms in total. The molecule has 6 aromatic rings. The Hall–Kier alpha value is -6.23. The van der Waals surface area contributed by atoms with Gasteiger partial charge in [0.2, 0.25) is 18.5 Å². The first-order valence-electron chi connectivity index (χ1n) is 13.7. The van der Waals surface area contributed by atoms with Gasteiger partial charge in [-0.25, -0.2) is 4.79 Å². The zero-order valence-corrected chi connectivity index (χ0v) is 23.1. The normalized spacial score (nSPS) is 12.2. The Morgan fingerprint density at radius 1 is 0.932 bits per heavy atom. The van der Waals surface area contributed by atoms with Gasteiger partial charge < -0.3 is 24.5 Å². The number of tetrazole rings is 1. The predicted octanol–water partition coefficient (Wildman–Crippen LogP) is 5.62. The van der Waals surface area contributed by atoms with E-state index in [-0.39, 0.29) is 24.7 Å². The highest BCUT2D eigenvalue weighted by Gasteiger charge is 2.27. The number of hydrogen-bond donors (Lipinski definition) is 3. The first-order valence-corrected chi connectivity index (χ1v) is 13.7. The number of carbonyl (C=O) groups excluding carboxylic acids is 1. The molecule has 0 fully saturated rings. The second-order valence-electron chi connectivity index (χ2n) is 10.1. The lowest BCUT2D eigenvalue weighted by Gasteiger charge is -2.10. The lowest BCUT2D eigenvalue weighted by molar-refractivity contribution is -0.111. The molecule has 44 heavy (non-hydrogen) atoms. The number of carboxylic acid groups (broad SMARTS) is 1. The van der Waals surface area contributed by atoms with E-state index in [4.69, 9.17) is 9.47 Å². The molecule has 0 radical (unpaired) electrons. The van der Waals surface area contributed by atoms with Crippen LogP contribution in [0.5, 0.6) is 11.5 Å². The van der Waals surface area contributed by atoms with Gasteiger partial charge in [0, 0.05) is 23.6 Å². The summed E-state index contributed by atoms with van der Waals surface area (Å²) in [6, 6.07) is 28.0. The van der Waals surface area contributed by atoms with Crippen molar-refractivity contribution in [3.05, 3.63) is 114 Å². The quantitative estimate of drug-likeness (QED) is 0.196. The molecule has 0 bridgehead atoms. The van der Waals surface area contributed by atoms with E-state index < -0.39 is 11.9 Å². The van der Waals surface area contributed by atoms with Gasteiger partial charge in [-0.2, -0.15) is 5.21 Å². The zero-order chi connectivity index (χ0) is 30.0. The summed E-state index contributed by atoms with van der Waals surface area (Å²) in [6.45, 7) is 0.324. The molecule has 3 heterocycles. The number of nitrogens with one attached hydrogen (secondary N) is 2. The van der Waals surface area contributed by atoms with Gasteiger partial charge in [-0.1, -0.05) is 66.7 Å². The number of rotatable bonds is 8. The van der Waals surface area contributed by atoms with Crippen molar-refractivity contribution in [2.24, 2.45) is 0 Å². The Bertz CT molecular complexity index is 2050. The number of hydrogen-bond acceptors (Lipinski definition) is 7. The fourth-order valence-corrected chi connectivity index (χ4v) is 5.39. The summed E-state index contributed by atoms with van der Waals surface area (Å²) in [7, 11) is 0. The molecule has 0 unspecified atom stereocenters. The molecule has 0 aliphatic carbocycles. The van der Waals surface area contributed by atoms with Gasteiger partial charge in [-0.15, -0.1) is 10.2 Å². The summed E-state index contributed by atoms with van der Waals surface area (Å²) in [4.78, 5) is 26.2. The maximum absolute atomic E-state index is 13.3. The fourth-order valence-electron chi connectivity index (χ4n) is 5.39. The van der Waals surface area contributed by atoms with Crippen molar-refractivity contribution in [2.45, 2.75) is 6.54 Å². The molecular formula is C33H24N6O5. The third kappa shape index (κ3) is 5.02. The Morgan fingerprint density at radius 3 is 2.59 bits per heavy atom. The molecule has 216 valence electrons. The summed E-state index contributed by atoms with van der Waals surface area (Å²) < 4.78 is 12.8. The Kier molecular flexibility index (Phi) is 6.79. The van der Waals surface area contributed by atoms with Crippen molar-refractivity contribution in [1.29, 1.82) is 0 Å². The third-order valence-electron chi connectivity index (χ3n) is 7.32. The second kappa shape index (κ2) is 11.2. The van der Waals surface area contributed by atoms with Crippen molar-refractivity contribution in [2.75, 3.05) is 12.1 Å². The van der Waals surface area contributed by atoms with Gasteiger partial charge in [-0.3, -0.25) is 4.79 Å². The number of anilines is 1. The average Bonchev–Trinajstić information content (AvgIpc) is 3.81. The van der Waals surface area contributed by atoms with E-state index in [1.807, 2.05) is 91.0 Å². The molecular weight excluding hydrogens is 560 g/mol. The van der Waals surface area contributed by atoms with E-state index in [1.165, 1.54) is 6.08 Å². The number of carboxylic acids is 1. The van der Waals surface area contributed by atoms with Crippen LogP contribution in [0.3, 0.4) is 0 Å². The highest BCUT2D eigenvalue weighted by Crippen LogP contribution is 2.42. The van der Waals surface area contributed by atoms with Crippen molar-refractivity contribution < 1.29 is 24.2 Å². The minimum Gasteiger partial charge on any atom is -0.477 e. The molecule has 7 rings (SSSR count). The molecule has 1 amide bonds. The minimum absolute atomic E-state index is 0.0559. The van der Waals surface area contributed by atoms with Crippen molar-refractivity contribution in [3.8, 4) is 34.0 Å². The number of nitrogens with zero attached hydrogens (tertiary/aromatic N) is 4. The number of H-pyrrole nitrogens is 1. The van der Waals surface area contributed by atoms with Crippen LogP contribution in [0.4, 0.5) is 5.69 Å². The topological polar surface area (TPSA) is 144 Å². The van der Waals surface area contributed by atoms with E-state index in [9.17, 15) is 14.7 Å². The number of benzene rings is 4. The Balaban J connectivity index is 1.38.